The van der Waals surface area contributed by atoms with Crippen molar-refractivity contribution in [1.29, 1.82) is 0 Å². The first kappa shape index (κ1) is 14.3. The van der Waals surface area contributed by atoms with E-state index in [1.165, 1.54) is 12.8 Å². The van der Waals surface area contributed by atoms with Gasteiger partial charge in [0.25, 0.3) is 0 Å². The number of likely N-dealkylation sites (tertiary alicyclic amines) is 2. The van der Waals surface area contributed by atoms with Crippen molar-refractivity contribution in [3.63, 3.8) is 0 Å². The van der Waals surface area contributed by atoms with Crippen molar-refractivity contribution in [2.75, 3.05) is 32.7 Å². The quantitative estimate of drug-likeness (QED) is 0.809. The highest BCUT2D eigenvalue weighted by Gasteiger charge is 2.33. The zero-order valence-corrected chi connectivity index (χ0v) is 11.7. The molecule has 0 aromatic heterocycles. The summed E-state index contributed by atoms with van der Waals surface area (Å²) in [6.07, 6.45) is 3.72. The molecule has 2 aliphatic heterocycles. The standard InChI is InChI=1S/C14H24N2O3/c1-11-4-2-5-15(9-11)6-3-7-16-10-12(14(18)19)8-13(16)17/h11-12H,2-10H2,1H3,(H,18,19). The van der Waals surface area contributed by atoms with Crippen LogP contribution in [0.5, 0.6) is 0 Å². The van der Waals surface area contributed by atoms with Crippen molar-refractivity contribution < 1.29 is 14.7 Å². The molecule has 108 valence electrons. The van der Waals surface area contributed by atoms with Gasteiger partial charge in [0.15, 0.2) is 0 Å². The minimum absolute atomic E-state index is 0.000544. The number of amides is 1. The molecule has 2 aliphatic rings. The molecule has 1 N–H and O–H groups in total. The largest absolute Gasteiger partial charge is 0.481 e. The summed E-state index contributed by atoms with van der Waals surface area (Å²) in [5.74, 6) is -0.568. The molecule has 0 radical (unpaired) electrons. The van der Waals surface area contributed by atoms with Gasteiger partial charge in [0, 0.05) is 26.1 Å². The fourth-order valence-electron chi connectivity index (χ4n) is 3.13. The molecule has 0 saturated carbocycles. The van der Waals surface area contributed by atoms with E-state index in [1.807, 2.05) is 0 Å². The molecule has 2 saturated heterocycles. The maximum absolute atomic E-state index is 11.7. The van der Waals surface area contributed by atoms with Crippen LogP contribution in [-0.4, -0.2) is 59.5 Å². The zero-order valence-electron chi connectivity index (χ0n) is 11.7. The molecule has 0 bridgehead atoms. The van der Waals surface area contributed by atoms with Crippen LogP contribution in [0.2, 0.25) is 0 Å². The van der Waals surface area contributed by atoms with Crippen LogP contribution in [-0.2, 0) is 9.59 Å². The Morgan fingerprint density at radius 2 is 2.16 bits per heavy atom. The molecule has 2 unspecified atom stereocenters. The minimum atomic E-state index is -0.847. The third-order valence-corrected chi connectivity index (χ3v) is 4.21. The molecule has 2 fully saturated rings. The number of carboxylic acid groups (broad SMARTS) is 1. The first-order valence-corrected chi connectivity index (χ1v) is 7.29. The van der Waals surface area contributed by atoms with Crippen molar-refractivity contribution >= 4 is 11.9 Å². The van der Waals surface area contributed by atoms with E-state index < -0.39 is 11.9 Å². The third-order valence-electron chi connectivity index (χ3n) is 4.21. The number of hydrogen-bond donors (Lipinski definition) is 1. The van der Waals surface area contributed by atoms with Gasteiger partial charge in [-0.1, -0.05) is 6.92 Å². The fourth-order valence-corrected chi connectivity index (χ4v) is 3.13. The summed E-state index contributed by atoms with van der Waals surface area (Å²) in [6.45, 7) is 6.72. The smallest absolute Gasteiger partial charge is 0.308 e. The highest BCUT2D eigenvalue weighted by molar-refractivity contribution is 5.86. The Bertz CT molecular complexity index is 346. The lowest BCUT2D eigenvalue weighted by atomic mass is 10.0. The maximum atomic E-state index is 11.7. The van der Waals surface area contributed by atoms with Crippen molar-refractivity contribution in [3.8, 4) is 0 Å². The Hall–Kier alpha value is -1.10. The summed E-state index contributed by atoms with van der Waals surface area (Å²) in [5.41, 5.74) is 0. The lowest BCUT2D eigenvalue weighted by Crippen LogP contribution is -2.37. The Kier molecular flexibility index (Phi) is 4.80. The molecular formula is C14H24N2O3. The lowest BCUT2D eigenvalue weighted by Gasteiger charge is -2.31. The zero-order chi connectivity index (χ0) is 13.8. The molecule has 0 aromatic rings. The average molecular weight is 268 g/mol. The summed E-state index contributed by atoms with van der Waals surface area (Å²) in [5, 5.41) is 8.92. The maximum Gasteiger partial charge on any atom is 0.308 e. The first-order valence-electron chi connectivity index (χ1n) is 7.29. The van der Waals surface area contributed by atoms with Gasteiger partial charge in [-0.05, 0) is 38.3 Å². The molecule has 19 heavy (non-hydrogen) atoms. The molecule has 0 aromatic carbocycles. The van der Waals surface area contributed by atoms with E-state index in [0.29, 0.717) is 13.1 Å². The van der Waals surface area contributed by atoms with E-state index >= 15 is 0 Å². The van der Waals surface area contributed by atoms with Gasteiger partial charge in [0.1, 0.15) is 0 Å². The van der Waals surface area contributed by atoms with Gasteiger partial charge in [-0.25, -0.2) is 0 Å². The molecule has 2 rings (SSSR count). The molecular weight excluding hydrogens is 244 g/mol. The number of aliphatic carboxylic acids is 1. The van der Waals surface area contributed by atoms with E-state index in [-0.39, 0.29) is 12.3 Å². The summed E-state index contributed by atoms with van der Waals surface area (Å²) in [7, 11) is 0. The predicted octanol–water partition coefficient (Wildman–Crippen LogP) is 1.04. The number of piperidine rings is 1. The number of nitrogens with zero attached hydrogens (tertiary/aromatic N) is 2. The summed E-state index contributed by atoms with van der Waals surface area (Å²) in [6, 6.07) is 0. The van der Waals surface area contributed by atoms with Crippen LogP contribution in [0, 0.1) is 11.8 Å². The Labute approximate surface area is 114 Å². The number of hydrogen-bond acceptors (Lipinski definition) is 3. The summed E-state index contributed by atoms with van der Waals surface area (Å²) >= 11 is 0. The SMILES string of the molecule is CC1CCCN(CCCN2CC(C(=O)O)CC2=O)C1. The topological polar surface area (TPSA) is 60.9 Å². The number of rotatable bonds is 5. The van der Waals surface area contributed by atoms with E-state index in [4.69, 9.17) is 5.11 Å². The van der Waals surface area contributed by atoms with Gasteiger partial charge in [0.05, 0.1) is 5.92 Å². The number of carbonyl (C=O) groups is 2. The van der Waals surface area contributed by atoms with Crippen molar-refractivity contribution in [2.24, 2.45) is 11.8 Å². The molecule has 1 amide bonds. The van der Waals surface area contributed by atoms with Gasteiger partial charge >= 0.3 is 5.97 Å². The van der Waals surface area contributed by atoms with E-state index in [0.717, 1.165) is 32.0 Å². The van der Waals surface area contributed by atoms with Crippen LogP contribution < -0.4 is 0 Å². The number of carbonyl (C=O) groups excluding carboxylic acids is 1. The van der Waals surface area contributed by atoms with Crippen LogP contribution in [0.1, 0.15) is 32.6 Å². The lowest BCUT2D eigenvalue weighted by molar-refractivity contribution is -0.141. The average Bonchev–Trinajstić information content (AvgIpc) is 2.71. The van der Waals surface area contributed by atoms with E-state index in [2.05, 4.69) is 11.8 Å². The van der Waals surface area contributed by atoms with Crippen molar-refractivity contribution in [3.05, 3.63) is 0 Å². The second-order valence-electron chi connectivity index (χ2n) is 5.98. The Balaban J connectivity index is 1.68. The summed E-state index contributed by atoms with van der Waals surface area (Å²) in [4.78, 5) is 26.7. The monoisotopic (exact) mass is 268 g/mol. The normalized spacial score (nSPS) is 28.9. The second-order valence-corrected chi connectivity index (χ2v) is 5.98. The predicted molar refractivity (Wildman–Crippen MR) is 71.8 cm³/mol. The number of carboxylic acids is 1. The van der Waals surface area contributed by atoms with Crippen LogP contribution in [0.15, 0.2) is 0 Å². The Morgan fingerprint density at radius 1 is 1.37 bits per heavy atom. The van der Waals surface area contributed by atoms with E-state index in [9.17, 15) is 9.59 Å². The van der Waals surface area contributed by atoms with Gasteiger partial charge < -0.3 is 14.9 Å². The molecule has 2 heterocycles. The van der Waals surface area contributed by atoms with E-state index in [1.54, 1.807) is 4.90 Å². The molecule has 5 heteroatoms. The van der Waals surface area contributed by atoms with Gasteiger partial charge in [-0.2, -0.15) is 0 Å². The highest BCUT2D eigenvalue weighted by Crippen LogP contribution is 2.19. The van der Waals surface area contributed by atoms with Gasteiger partial charge in [0.2, 0.25) is 5.91 Å². The molecule has 0 spiro atoms. The van der Waals surface area contributed by atoms with Crippen molar-refractivity contribution in [1.82, 2.24) is 9.80 Å². The van der Waals surface area contributed by atoms with Crippen LogP contribution in [0.25, 0.3) is 0 Å². The van der Waals surface area contributed by atoms with Crippen LogP contribution in [0.3, 0.4) is 0 Å². The fraction of sp³-hybridized carbons (Fsp3) is 0.857. The minimum Gasteiger partial charge on any atom is -0.481 e. The molecule has 2 atom stereocenters. The second kappa shape index (κ2) is 6.37. The highest BCUT2D eigenvalue weighted by atomic mass is 16.4. The van der Waals surface area contributed by atoms with Crippen molar-refractivity contribution in [2.45, 2.75) is 32.6 Å². The van der Waals surface area contributed by atoms with Gasteiger partial charge in [-0.15, -0.1) is 0 Å². The van der Waals surface area contributed by atoms with Crippen LogP contribution in [0.4, 0.5) is 0 Å². The third kappa shape index (κ3) is 3.93. The summed E-state index contributed by atoms with van der Waals surface area (Å²) < 4.78 is 0. The molecule has 0 aliphatic carbocycles. The molecule has 5 nitrogen and oxygen atoms in total. The first-order chi connectivity index (χ1) is 9.06. The van der Waals surface area contributed by atoms with Gasteiger partial charge in [-0.3, -0.25) is 9.59 Å². The Morgan fingerprint density at radius 3 is 2.79 bits per heavy atom. The van der Waals surface area contributed by atoms with Crippen LogP contribution >= 0.6 is 0 Å².